The van der Waals surface area contributed by atoms with Crippen molar-refractivity contribution in [3.8, 4) is 0 Å². The van der Waals surface area contributed by atoms with Crippen LogP contribution in [0.15, 0.2) is 53.4 Å². The minimum atomic E-state index is -3.62. The van der Waals surface area contributed by atoms with E-state index in [4.69, 9.17) is 0 Å². The molecule has 0 aromatic heterocycles. The third-order valence-electron chi connectivity index (χ3n) is 3.78. The van der Waals surface area contributed by atoms with Crippen molar-refractivity contribution in [2.75, 3.05) is 18.5 Å². The average Bonchev–Trinajstić information content (AvgIpc) is 2.56. The lowest BCUT2D eigenvalue weighted by atomic mass is 10.2. The summed E-state index contributed by atoms with van der Waals surface area (Å²) in [4.78, 5) is 14.0. The predicted molar refractivity (Wildman–Crippen MR) is 95.6 cm³/mol. The highest BCUT2D eigenvalue weighted by Crippen LogP contribution is 2.17. The van der Waals surface area contributed by atoms with E-state index < -0.39 is 10.0 Å². The molecule has 128 valence electrons. The predicted octanol–water partition coefficient (Wildman–Crippen LogP) is 2.63. The average molecular weight is 346 g/mol. The molecule has 2 rings (SSSR count). The van der Waals surface area contributed by atoms with E-state index >= 15 is 0 Å². The number of benzene rings is 2. The summed E-state index contributed by atoms with van der Waals surface area (Å²) in [6.45, 7) is 3.66. The minimum Gasteiger partial charge on any atom is -0.315 e. The van der Waals surface area contributed by atoms with Gasteiger partial charge in [-0.25, -0.2) is 13.1 Å². The summed E-state index contributed by atoms with van der Waals surface area (Å²) in [6.07, 6.45) is 0.0927. The fourth-order valence-electron chi connectivity index (χ4n) is 2.33. The third-order valence-corrected chi connectivity index (χ3v) is 5.38. The van der Waals surface area contributed by atoms with Crippen molar-refractivity contribution in [3.05, 3.63) is 59.7 Å². The van der Waals surface area contributed by atoms with Gasteiger partial charge in [0.05, 0.1) is 4.90 Å². The Labute approximate surface area is 143 Å². The van der Waals surface area contributed by atoms with Gasteiger partial charge < -0.3 is 4.90 Å². The first kappa shape index (κ1) is 18.2. The monoisotopic (exact) mass is 346 g/mol. The van der Waals surface area contributed by atoms with Gasteiger partial charge in [-0.3, -0.25) is 4.79 Å². The van der Waals surface area contributed by atoms with Crippen molar-refractivity contribution in [2.45, 2.75) is 25.2 Å². The second kappa shape index (κ2) is 7.59. The number of hydrogen-bond acceptors (Lipinski definition) is 3. The molecule has 0 fully saturated rings. The molecule has 0 atom stereocenters. The lowest BCUT2D eigenvalue weighted by Crippen LogP contribution is -2.32. The molecule has 1 amide bonds. The van der Waals surface area contributed by atoms with Gasteiger partial charge in [0.15, 0.2) is 0 Å². The van der Waals surface area contributed by atoms with E-state index in [0.717, 1.165) is 11.3 Å². The van der Waals surface area contributed by atoms with Crippen molar-refractivity contribution >= 4 is 21.6 Å². The fourth-order valence-corrected chi connectivity index (χ4v) is 3.69. The molecule has 1 N–H and O–H groups in total. The summed E-state index contributed by atoms with van der Waals surface area (Å²) in [5.41, 5.74) is 2.33. The van der Waals surface area contributed by atoms with Crippen LogP contribution in [0.2, 0.25) is 0 Å². The molecule has 2 aromatic carbocycles. The number of para-hydroxylation sites is 1. The van der Waals surface area contributed by atoms with Crippen LogP contribution in [-0.2, 0) is 14.8 Å². The number of aryl methyl sites for hydroxylation is 2. The summed E-state index contributed by atoms with van der Waals surface area (Å²) < 4.78 is 27.3. The molecular formula is C18H22N2O3S. The zero-order chi connectivity index (χ0) is 17.7. The van der Waals surface area contributed by atoms with Gasteiger partial charge in [-0.05, 0) is 43.2 Å². The largest absolute Gasteiger partial charge is 0.315 e. The van der Waals surface area contributed by atoms with Crippen LogP contribution in [0.5, 0.6) is 0 Å². The molecule has 2 aromatic rings. The zero-order valence-electron chi connectivity index (χ0n) is 14.1. The molecule has 6 heteroatoms. The maximum absolute atomic E-state index is 12.4. The maximum atomic E-state index is 12.4. The van der Waals surface area contributed by atoms with E-state index in [1.165, 1.54) is 4.90 Å². The minimum absolute atomic E-state index is 0.0612. The zero-order valence-corrected chi connectivity index (χ0v) is 14.9. The smallest absolute Gasteiger partial charge is 0.240 e. The number of sulfonamides is 1. The molecule has 0 saturated heterocycles. The molecule has 0 aliphatic heterocycles. The summed E-state index contributed by atoms with van der Waals surface area (Å²) in [5, 5.41) is 0. The molecule has 5 nitrogen and oxygen atoms in total. The van der Waals surface area contributed by atoms with E-state index in [1.807, 2.05) is 43.3 Å². The van der Waals surface area contributed by atoms with Crippen LogP contribution >= 0.6 is 0 Å². The second-order valence-corrected chi connectivity index (χ2v) is 7.44. The van der Waals surface area contributed by atoms with Gasteiger partial charge in [0.25, 0.3) is 0 Å². The molecule has 24 heavy (non-hydrogen) atoms. The molecule has 0 aliphatic carbocycles. The third kappa shape index (κ3) is 4.43. The van der Waals surface area contributed by atoms with Crippen LogP contribution in [0.4, 0.5) is 5.69 Å². The number of nitrogens with one attached hydrogen (secondary N) is 1. The number of amides is 1. The first-order valence-electron chi connectivity index (χ1n) is 7.70. The van der Waals surface area contributed by atoms with Crippen molar-refractivity contribution in [1.82, 2.24) is 4.72 Å². The van der Waals surface area contributed by atoms with Crippen LogP contribution in [0.25, 0.3) is 0 Å². The van der Waals surface area contributed by atoms with Crippen molar-refractivity contribution in [2.24, 2.45) is 0 Å². The topological polar surface area (TPSA) is 66.5 Å². The number of anilines is 1. The lowest BCUT2D eigenvalue weighted by Gasteiger charge is -2.17. The fraction of sp³-hybridized carbons (Fsp3) is 0.278. The van der Waals surface area contributed by atoms with Gasteiger partial charge in [-0.1, -0.05) is 30.3 Å². The number of carbonyl (C=O) groups excluding carboxylic acids is 1. The van der Waals surface area contributed by atoms with Crippen LogP contribution in [0.1, 0.15) is 17.5 Å². The van der Waals surface area contributed by atoms with Crippen molar-refractivity contribution < 1.29 is 13.2 Å². The number of carbonyl (C=O) groups is 1. The Morgan fingerprint density at radius 1 is 1.08 bits per heavy atom. The number of hydrogen-bond donors (Lipinski definition) is 1. The van der Waals surface area contributed by atoms with Gasteiger partial charge in [-0.15, -0.1) is 0 Å². The van der Waals surface area contributed by atoms with E-state index in [-0.39, 0.29) is 23.8 Å². The van der Waals surface area contributed by atoms with Gasteiger partial charge in [0.1, 0.15) is 0 Å². The van der Waals surface area contributed by atoms with E-state index in [9.17, 15) is 13.2 Å². The van der Waals surface area contributed by atoms with E-state index in [2.05, 4.69) is 4.72 Å². The first-order chi connectivity index (χ1) is 11.3. The Morgan fingerprint density at radius 2 is 1.75 bits per heavy atom. The Balaban J connectivity index is 1.98. The summed E-state index contributed by atoms with van der Waals surface area (Å²) in [6, 6.07) is 14.5. The molecule has 0 heterocycles. The number of nitrogens with zero attached hydrogens (tertiary/aromatic N) is 1. The molecular weight excluding hydrogens is 324 g/mol. The maximum Gasteiger partial charge on any atom is 0.240 e. The summed E-state index contributed by atoms with van der Waals surface area (Å²) in [5.74, 6) is -0.148. The van der Waals surface area contributed by atoms with Crippen LogP contribution in [0, 0.1) is 13.8 Å². The van der Waals surface area contributed by atoms with E-state index in [0.29, 0.717) is 5.56 Å². The quantitative estimate of drug-likeness (QED) is 0.874. The summed E-state index contributed by atoms with van der Waals surface area (Å²) in [7, 11) is -1.94. The van der Waals surface area contributed by atoms with Crippen LogP contribution < -0.4 is 9.62 Å². The van der Waals surface area contributed by atoms with Crippen molar-refractivity contribution in [3.63, 3.8) is 0 Å². The highest BCUT2D eigenvalue weighted by Gasteiger charge is 2.18. The Morgan fingerprint density at radius 3 is 2.42 bits per heavy atom. The Bertz CT molecular complexity index is 817. The Kier molecular flexibility index (Phi) is 5.75. The second-order valence-electron chi connectivity index (χ2n) is 5.71. The number of rotatable bonds is 6. The van der Waals surface area contributed by atoms with Crippen LogP contribution in [-0.4, -0.2) is 27.9 Å². The van der Waals surface area contributed by atoms with Gasteiger partial charge >= 0.3 is 0 Å². The van der Waals surface area contributed by atoms with Gasteiger partial charge in [-0.2, -0.15) is 0 Å². The molecule has 0 unspecified atom stereocenters. The summed E-state index contributed by atoms with van der Waals surface area (Å²) >= 11 is 0. The highest BCUT2D eigenvalue weighted by atomic mass is 32.2. The molecule has 0 spiro atoms. The van der Waals surface area contributed by atoms with Gasteiger partial charge in [0.2, 0.25) is 15.9 Å². The first-order valence-corrected chi connectivity index (χ1v) is 9.18. The lowest BCUT2D eigenvalue weighted by molar-refractivity contribution is -0.118. The van der Waals surface area contributed by atoms with E-state index in [1.54, 1.807) is 26.1 Å². The normalized spacial score (nSPS) is 11.3. The van der Waals surface area contributed by atoms with Gasteiger partial charge in [0, 0.05) is 25.7 Å². The molecule has 0 radical (unpaired) electrons. The molecule has 0 bridgehead atoms. The molecule has 0 aliphatic rings. The highest BCUT2D eigenvalue weighted by molar-refractivity contribution is 7.89. The van der Waals surface area contributed by atoms with Crippen molar-refractivity contribution in [1.29, 1.82) is 0 Å². The van der Waals surface area contributed by atoms with Crippen LogP contribution in [0.3, 0.4) is 0 Å². The SMILES string of the molecule is Cc1ccc(C)c(S(=O)(=O)NCCC(=O)N(C)c2ccccc2)c1. The standard InChI is InChI=1S/C18H22N2O3S/c1-14-9-10-15(2)17(13-14)24(22,23)19-12-11-18(21)20(3)16-7-5-4-6-8-16/h4-10,13,19H,11-12H2,1-3H3. The Hall–Kier alpha value is -2.18. The molecule has 0 saturated carbocycles.